The lowest BCUT2D eigenvalue weighted by Gasteiger charge is -2.31. The number of benzene rings is 2. The van der Waals surface area contributed by atoms with Crippen molar-refractivity contribution in [2.75, 3.05) is 6.61 Å². The molecule has 2 aromatic carbocycles. The molecule has 0 aromatic heterocycles. The van der Waals surface area contributed by atoms with E-state index in [0.717, 1.165) is 11.1 Å². The second-order valence-electron chi connectivity index (χ2n) is 5.96. The topological polar surface area (TPSA) is 76.5 Å². The lowest BCUT2D eigenvalue weighted by molar-refractivity contribution is -0.0470. The summed E-state index contributed by atoms with van der Waals surface area (Å²) >= 11 is 0. The molecule has 3 rings (SSSR count). The first kappa shape index (κ1) is 18.0. The molecule has 3 atom stereocenters. The average molecular weight is 351 g/mol. The van der Waals surface area contributed by atoms with E-state index in [4.69, 9.17) is 19.7 Å². The molecule has 1 aliphatic rings. The maximum atomic E-state index is 8.93. The molecule has 0 amide bonds. The molecule has 0 radical (unpaired) electrons. The smallest absolute Gasteiger partial charge is 0.132 e. The number of rotatable bonds is 8. The van der Waals surface area contributed by atoms with E-state index < -0.39 is 6.04 Å². The highest BCUT2D eigenvalue weighted by Crippen LogP contribution is 2.21. The Hall–Kier alpha value is -2.79. The quantitative estimate of drug-likeness (QED) is 0.402. The van der Waals surface area contributed by atoms with Crippen LogP contribution in [-0.4, -0.2) is 24.9 Å². The van der Waals surface area contributed by atoms with E-state index in [1.807, 2.05) is 60.7 Å². The molecule has 0 aliphatic carbocycles. The first-order valence-corrected chi connectivity index (χ1v) is 8.50. The SMILES string of the molecule is [N-]=[N+]=NC1C(OCc2ccccc2)C=CO[C@@H]1COCc1ccccc1. The zero-order valence-electron chi connectivity index (χ0n) is 14.3. The Labute approximate surface area is 152 Å². The Morgan fingerprint density at radius 3 is 2.27 bits per heavy atom. The fourth-order valence-electron chi connectivity index (χ4n) is 2.76. The molecule has 26 heavy (non-hydrogen) atoms. The van der Waals surface area contributed by atoms with Gasteiger partial charge in [0.25, 0.3) is 0 Å². The highest BCUT2D eigenvalue weighted by molar-refractivity contribution is 5.14. The Balaban J connectivity index is 1.57. The van der Waals surface area contributed by atoms with Crippen LogP contribution in [0.25, 0.3) is 10.4 Å². The minimum Gasteiger partial charge on any atom is -0.495 e. The molecular formula is C20H21N3O3. The Morgan fingerprint density at radius 1 is 0.962 bits per heavy atom. The van der Waals surface area contributed by atoms with E-state index >= 15 is 0 Å². The van der Waals surface area contributed by atoms with Crippen molar-refractivity contribution in [3.05, 3.63) is 94.6 Å². The maximum absolute atomic E-state index is 8.93. The van der Waals surface area contributed by atoms with Crippen LogP contribution in [0.5, 0.6) is 0 Å². The van der Waals surface area contributed by atoms with Gasteiger partial charge in [0.1, 0.15) is 12.1 Å². The summed E-state index contributed by atoms with van der Waals surface area (Å²) < 4.78 is 17.3. The molecule has 0 saturated carbocycles. The van der Waals surface area contributed by atoms with Gasteiger partial charge in [-0.1, -0.05) is 65.8 Å². The summed E-state index contributed by atoms with van der Waals surface area (Å²) in [6.45, 7) is 1.22. The van der Waals surface area contributed by atoms with Gasteiger partial charge in [-0.05, 0) is 22.7 Å². The van der Waals surface area contributed by atoms with Crippen LogP contribution in [0.3, 0.4) is 0 Å². The predicted molar refractivity (Wildman–Crippen MR) is 98.1 cm³/mol. The molecule has 0 spiro atoms. The molecule has 0 saturated heterocycles. The molecule has 2 unspecified atom stereocenters. The first-order chi connectivity index (χ1) is 12.9. The summed E-state index contributed by atoms with van der Waals surface area (Å²) in [4.78, 5) is 2.96. The molecule has 1 aliphatic heterocycles. The number of ether oxygens (including phenoxy) is 3. The number of hydrogen-bond donors (Lipinski definition) is 0. The maximum Gasteiger partial charge on any atom is 0.132 e. The van der Waals surface area contributed by atoms with Gasteiger partial charge in [-0.3, -0.25) is 0 Å². The Kier molecular flexibility index (Phi) is 6.67. The van der Waals surface area contributed by atoms with Gasteiger partial charge in [-0.25, -0.2) is 0 Å². The Bertz CT molecular complexity index is 745. The minimum absolute atomic E-state index is 0.314. The summed E-state index contributed by atoms with van der Waals surface area (Å²) in [5.74, 6) is 0. The van der Waals surface area contributed by atoms with Crippen molar-refractivity contribution >= 4 is 0 Å². The van der Waals surface area contributed by atoms with Gasteiger partial charge in [-0.2, -0.15) is 0 Å². The van der Waals surface area contributed by atoms with Gasteiger partial charge in [-0.15, -0.1) is 0 Å². The lowest BCUT2D eigenvalue weighted by atomic mass is 10.0. The van der Waals surface area contributed by atoms with Crippen molar-refractivity contribution in [2.45, 2.75) is 31.5 Å². The van der Waals surface area contributed by atoms with Gasteiger partial charge in [0.2, 0.25) is 0 Å². The molecular weight excluding hydrogens is 330 g/mol. The third-order valence-corrected chi connectivity index (χ3v) is 4.10. The van der Waals surface area contributed by atoms with Crippen molar-refractivity contribution in [1.29, 1.82) is 0 Å². The summed E-state index contributed by atoms with van der Waals surface area (Å²) in [5.41, 5.74) is 11.1. The van der Waals surface area contributed by atoms with Crippen LogP contribution in [0.1, 0.15) is 11.1 Å². The molecule has 6 nitrogen and oxygen atoms in total. The summed E-state index contributed by atoms with van der Waals surface area (Å²) in [6, 6.07) is 19.3. The monoisotopic (exact) mass is 351 g/mol. The van der Waals surface area contributed by atoms with E-state index in [1.165, 1.54) is 0 Å². The van der Waals surface area contributed by atoms with Crippen LogP contribution >= 0.6 is 0 Å². The van der Waals surface area contributed by atoms with Crippen molar-refractivity contribution in [3.8, 4) is 0 Å². The molecule has 0 bridgehead atoms. The van der Waals surface area contributed by atoms with E-state index in [0.29, 0.717) is 19.8 Å². The molecule has 134 valence electrons. The number of hydrogen-bond acceptors (Lipinski definition) is 4. The van der Waals surface area contributed by atoms with Crippen LogP contribution in [0, 0.1) is 0 Å². The van der Waals surface area contributed by atoms with Gasteiger partial charge in [0.15, 0.2) is 0 Å². The van der Waals surface area contributed by atoms with Gasteiger partial charge in [0, 0.05) is 4.91 Å². The number of azide groups is 1. The molecule has 0 N–H and O–H groups in total. The van der Waals surface area contributed by atoms with E-state index in [9.17, 15) is 0 Å². The van der Waals surface area contributed by atoms with E-state index in [1.54, 1.807) is 12.3 Å². The van der Waals surface area contributed by atoms with Crippen molar-refractivity contribution < 1.29 is 14.2 Å². The fraction of sp³-hybridized carbons (Fsp3) is 0.300. The van der Waals surface area contributed by atoms with Crippen molar-refractivity contribution in [3.63, 3.8) is 0 Å². The average Bonchev–Trinajstić information content (AvgIpc) is 2.70. The van der Waals surface area contributed by atoms with Crippen molar-refractivity contribution in [2.24, 2.45) is 5.11 Å². The third kappa shape index (κ3) is 5.10. The van der Waals surface area contributed by atoms with Crippen LogP contribution in [-0.2, 0) is 27.4 Å². The summed E-state index contributed by atoms with van der Waals surface area (Å²) in [5, 5.41) is 3.88. The molecule has 2 aromatic rings. The standard InChI is InChI=1S/C20H21N3O3/c21-23-22-20-18(26-14-17-9-5-2-6-10-17)11-12-25-19(20)15-24-13-16-7-3-1-4-8-16/h1-12,18-20H,13-15H2/t18?,19-,20?/m1/s1. The second kappa shape index (κ2) is 9.63. The van der Waals surface area contributed by atoms with Crippen molar-refractivity contribution in [1.82, 2.24) is 0 Å². The fourth-order valence-corrected chi connectivity index (χ4v) is 2.76. The van der Waals surface area contributed by atoms with Gasteiger partial charge >= 0.3 is 0 Å². The first-order valence-electron chi connectivity index (χ1n) is 8.50. The lowest BCUT2D eigenvalue weighted by Crippen LogP contribution is -2.42. The van der Waals surface area contributed by atoms with E-state index in [-0.39, 0.29) is 12.2 Å². The van der Waals surface area contributed by atoms with Gasteiger partial charge in [0.05, 0.1) is 32.2 Å². The highest BCUT2D eigenvalue weighted by atomic mass is 16.5. The van der Waals surface area contributed by atoms with Gasteiger partial charge < -0.3 is 14.2 Å². The summed E-state index contributed by atoms with van der Waals surface area (Å²) in [7, 11) is 0. The van der Waals surface area contributed by atoms with Crippen LogP contribution in [0.2, 0.25) is 0 Å². The minimum atomic E-state index is -0.482. The molecule has 6 heteroatoms. The third-order valence-electron chi connectivity index (χ3n) is 4.10. The highest BCUT2D eigenvalue weighted by Gasteiger charge is 2.32. The molecule has 0 fully saturated rings. The summed E-state index contributed by atoms with van der Waals surface area (Å²) in [6.07, 6.45) is 2.62. The normalized spacial score (nSPS) is 21.6. The predicted octanol–water partition coefficient (Wildman–Crippen LogP) is 4.38. The molecule has 1 heterocycles. The zero-order chi connectivity index (χ0) is 18.0. The van der Waals surface area contributed by atoms with Crippen LogP contribution in [0.15, 0.2) is 78.1 Å². The largest absolute Gasteiger partial charge is 0.495 e. The zero-order valence-corrected chi connectivity index (χ0v) is 14.3. The van der Waals surface area contributed by atoms with Crippen LogP contribution in [0.4, 0.5) is 0 Å². The van der Waals surface area contributed by atoms with E-state index in [2.05, 4.69) is 10.0 Å². The van der Waals surface area contributed by atoms with Crippen LogP contribution < -0.4 is 0 Å². The number of nitrogens with zero attached hydrogens (tertiary/aromatic N) is 3. The Morgan fingerprint density at radius 2 is 1.62 bits per heavy atom. The second-order valence-corrected chi connectivity index (χ2v) is 5.96.